The van der Waals surface area contributed by atoms with Crippen molar-refractivity contribution in [3.8, 4) is 0 Å². The molecule has 126 valence electrons. The van der Waals surface area contributed by atoms with Gasteiger partial charge in [-0.2, -0.15) is 0 Å². The fourth-order valence-electron chi connectivity index (χ4n) is 2.55. The Morgan fingerprint density at radius 2 is 1.71 bits per heavy atom. The SMILES string of the molecule is CC(CC(N)=O)C(=O)NC(Cc1ccccc1)c1ccccc1F. The average molecular weight is 328 g/mol. The molecule has 0 saturated heterocycles. The van der Waals surface area contributed by atoms with Crippen LogP contribution < -0.4 is 11.1 Å². The van der Waals surface area contributed by atoms with Crippen LogP contribution in [0.4, 0.5) is 4.39 Å². The van der Waals surface area contributed by atoms with Crippen LogP contribution in [-0.4, -0.2) is 11.8 Å². The van der Waals surface area contributed by atoms with Gasteiger partial charge in [-0.15, -0.1) is 0 Å². The van der Waals surface area contributed by atoms with Crippen molar-refractivity contribution in [1.29, 1.82) is 0 Å². The van der Waals surface area contributed by atoms with Gasteiger partial charge in [0.2, 0.25) is 11.8 Å². The van der Waals surface area contributed by atoms with Crippen LogP contribution >= 0.6 is 0 Å². The lowest BCUT2D eigenvalue weighted by molar-refractivity contribution is -0.129. The number of nitrogens with one attached hydrogen (secondary N) is 1. The molecular formula is C19H21FN2O2. The van der Waals surface area contributed by atoms with E-state index in [-0.39, 0.29) is 18.1 Å². The summed E-state index contributed by atoms with van der Waals surface area (Å²) in [6.45, 7) is 1.63. The van der Waals surface area contributed by atoms with E-state index in [9.17, 15) is 14.0 Å². The van der Waals surface area contributed by atoms with E-state index in [1.807, 2.05) is 30.3 Å². The van der Waals surface area contributed by atoms with Crippen molar-refractivity contribution in [2.45, 2.75) is 25.8 Å². The third kappa shape index (κ3) is 4.91. The Hall–Kier alpha value is -2.69. The summed E-state index contributed by atoms with van der Waals surface area (Å²) in [5.74, 6) is -1.80. The van der Waals surface area contributed by atoms with E-state index in [2.05, 4.69) is 5.32 Å². The summed E-state index contributed by atoms with van der Waals surface area (Å²) < 4.78 is 14.2. The molecule has 4 nitrogen and oxygen atoms in total. The molecule has 24 heavy (non-hydrogen) atoms. The van der Waals surface area contributed by atoms with Crippen LogP contribution in [0.25, 0.3) is 0 Å². The van der Waals surface area contributed by atoms with Gasteiger partial charge in [-0.3, -0.25) is 9.59 Å². The van der Waals surface area contributed by atoms with Crippen molar-refractivity contribution in [3.63, 3.8) is 0 Å². The highest BCUT2D eigenvalue weighted by Crippen LogP contribution is 2.22. The third-order valence-electron chi connectivity index (χ3n) is 3.83. The Morgan fingerprint density at radius 1 is 1.08 bits per heavy atom. The molecule has 0 aliphatic rings. The van der Waals surface area contributed by atoms with E-state index in [0.717, 1.165) is 5.56 Å². The number of carbonyl (C=O) groups excluding carboxylic acids is 2. The first-order valence-electron chi connectivity index (χ1n) is 7.84. The molecule has 3 N–H and O–H groups in total. The number of primary amides is 1. The standard InChI is InChI=1S/C19H21FN2O2/c1-13(11-18(21)23)19(24)22-17(12-14-7-3-2-4-8-14)15-9-5-6-10-16(15)20/h2-10,13,17H,11-12H2,1H3,(H2,21,23)(H,22,24). The lowest BCUT2D eigenvalue weighted by atomic mass is 9.97. The van der Waals surface area contributed by atoms with Gasteiger partial charge in [-0.25, -0.2) is 4.39 Å². The largest absolute Gasteiger partial charge is 0.370 e. The van der Waals surface area contributed by atoms with Gasteiger partial charge in [-0.05, 0) is 18.1 Å². The second kappa shape index (κ2) is 8.24. The zero-order valence-electron chi connectivity index (χ0n) is 13.5. The quantitative estimate of drug-likeness (QED) is 0.820. The molecule has 0 saturated carbocycles. The minimum atomic E-state index is -0.562. The summed E-state index contributed by atoms with van der Waals surface area (Å²) in [7, 11) is 0. The first-order chi connectivity index (χ1) is 11.5. The Kier molecular flexibility index (Phi) is 6.07. The predicted molar refractivity (Wildman–Crippen MR) is 90.4 cm³/mol. The second-order valence-corrected chi connectivity index (χ2v) is 5.84. The van der Waals surface area contributed by atoms with Crippen molar-refractivity contribution in [1.82, 2.24) is 5.32 Å². The minimum absolute atomic E-state index is 0.0405. The summed E-state index contributed by atoms with van der Waals surface area (Å²) in [6, 6.07) is 15.4. The molecule has 2 aromatic carbocycles. The molecule has 0 aliphatic carbocycles. The molecule has 0 spiro atoms. The highest BCUT2D eigenvalue weighted by atomic mass is 19.1. The molecule has 0 radical (unpaired) electrons. The van der Waals surface area contributed by atoms with Gasteiger partial charge in [0.05, 0.1) is 6.04 Å². The molecule has 2 atom stereocenters. The number of hydrogen-bond donors (Lipinski definition) is 2. The number of amides is 2. The molecule has 0 aromatic heterocycles. The summed E-state index contributed by atoms with van der Waals surface area (Å²) >= 11 is 0. The van der Waals surface area contributed by atoms with E-state index in [1.165, 1.54) is 6.07 Å². The Morgan fingerprint density at radius 3 is 2.33 bits per heavy atom. The normalized spacial score (nSPS) is 13.1. The topological polar surface area (TPSA) is 72.2 Å². The lowest BCUT2D eigenvalue weighted by Crippen LogP contribution is -2.36. The van der Waals surface area contributed by atoms with Crippen LogP contribution in [0.3, 0.4) is 0 Å². The number of rotatable bonds is 7. The summed E-state index contributed by atoms with van der Waals surface area (Å²) in [5.41, 5.74) is 6.54. The zero-order chi connectivity index (χ0) is 17.5. The molecule has 5 heteroatoms. The first-order valence-corrected chi connectivity index (χ1v) is 7.84. The number of benzene rings is 2. The number of hydrogen-bond acceptors (Lipinski definition) is 2. The molecule has 0 aliphatic heterocycles. The van der Waals surface area contributed by atoms with Crippen LogP contribution in [-0.2, 0) is 16.0 Å². The summed E-state index contributed by atoms with van der Waals surface area (Å²) in [4.78, 5) is 23.3. The van der Waals surface area contributed by atoms with Crippen molar-refractivity contribution in [2.24, 2.45) is 11.7 Å². The van der Waals surface area contributed by atoms with Crippen molar-refractivity contribution in [2.75, 3.05) is 0 Å². The maximum Gasteiger partial charge on any atom is 0.223 e. The van der Waals surface area contributed by atoms with Crippen LogP contribution in [0, 0.1) is 11.7 Å². The summed E-state index contributed by atoms with van der Waals surface area (Å²) in [5, 5.41) is 2.84. The van der Waals surface area contributed by atoms with Crippen LogP contribution in [0.15, 0.2) is 54.6 Å². The maximum absolute atomic E-state index is 14.2. The van der Waals surface area contributed by atoms with Crippen LogP contribution in [0.5, 0.6) is 0 Å². The molecule has 2 amide bonds. The predicted octanol–water partition coefficient (Wildman–Crippen LogP) is 2.74. The monoisotopic (exact) mass is 328 g/mol. The molecule has 2 rings (SSSR count). The van der Waals surface area contributed by atoms with Gasteiger partial charge >= 0.3 is 0 Å². The number of nitrogens with two attached hydrogens (primary N) is 1. The van der Waals surface area contributed by atoms with E-state index in [1.54, 1.807) is 25.1 Å². The Bertz CT molecular complexity index is 704. The van der Waals surface area contributed by atoms with E-state index >= 15 is 0 Å². The third-order valence-corrected chi connectivity index (χ3v) is 3.83. The average Bonchev–Trinajstić information content (AvgIpc) is 2.55. The number of halogens is 1. The van der Waals surface area contributed by atoms with Gasteiger partial charge in [0.1, 0.15) is 5.82 Å². The fraction of sp³-hybridized carbons (Fsp3) is 0.263. The molecule has 0 heterocycles. The highest BCUT2D eigenvalue weighted by Gasteiger charge is 2.22. The van der Waals surface area contributed by atoms with Gasteiger partial charge in [-0.1, -0.05) is 55.5 Å². The molecular weight excluding hydrogens is 307 g/mol. The minimum Gasteiger partial charge on any atom is -0.370 e. The second-order valence-electron chi connectivity index (χ2n) is 5.84. The smallest absolute Gasteiger partial charge is 0.223 e. The Labute approximate surface area is 140 Å². The van der Waals surface area contributed by atoms with Crippen molar-refractivity contribution >= 4 is 11.8 Å². The van der Waals surface area contributed by atoms with Crippen LogP contribution in [0.2, 0.25) is 0 Å². The van der Waals surface area contributed by atoms with Gasteiger partial charge in [0.25, 0.3) is 0 Å². The molecule has 2 unspecified atom stereocenters. The first kappa shape index (κ1) is 17.7. The molecule has 0 bridgehead atoms. The van der Waals surface area contributed by atoms with E-state index in [4.69, 9.17) is 5.73 Å². The Balaban J connectivity index is 2.21. The van der Waals surface area contributed by atoms with E-state index < -0.39 is 17.9 Å². The highest BCUT2D eigenvalue weighted by molar-refractivity contribution is 5.85. The molecule has 0 fully saturated rings. The van der Waals surface area contributed by atoms with Crippen molar-refractivity contribution in [3.05, 3.63) is 71.5 Å². The lowest BCUT2D eigenvalue weighted by Gasteiger charge is -2.22. The maximum atomic E-state index is 14.2. The van der Waals surface area contributed by atoms with Gasteiger partial charge < -0.3 is 11.1 Å². The zero-order valence-corrected chi connectivity index (χ0v) is 13.5. The molecule has 2 aromatic rings. The van der Waals surface area contributed by atoms with Crippen LogP contribution in [0.1, 0.15) is 30.5 Å². The fourth-order valence-corrected chi connectivity index (χ4v) is 2.55. The summed E-state index contributed by atoms with van der Waals surface area (Å²) in [6.07, 6.45) is 0.415. The van der Waals surface area contributed by atoms with Crippen molar-refractivity contribution < 1.29 is 14.0 Å². The number of carbonyl (C=O) groups is 2. The van der Waals surface area contributed by atoms with E-state index in [0.29, 0.717) is 12.0 Å². The van der Waals surface area contributed by atoms with Gasteiger partial charge in [0.15, 0.2) is 0 Å². The van der Waals surface area contributed by atoms with Gasteiger partial charge in [0, 0.05) is 17.9 Å².